The minimum Gasteiger partial charge on any atom is -0.465 e. The lowest BCUT2D eigenvalue weighted by Crippen LogP contribution is -2.14. The first-order valence-corrected chi connectivity index (χ1v) is 11.2. The van der Waals surface area contributed by atoms with Gasteiger partial charge in [0.2, 0.25) is 5.91 Å². The van der Waals surface area contributed by atoms with Crippen molar-refractivity contribution in [3.63, 3.8) is 0 Å². The van der Waals surface area contributed by atoms with Gasteiger partial charge in [0.05, 0.1) is 24.1 Å². The maximum atomic E-state index is 12.2. The first kappa shape index (κ1) is 22.2. The number of anilines is 1. The van der Waals surface area contributed by atoms with Gasteiger partial charge in [0.25, 0.3) is 0 Å². The van der Waals surface area contributed by atoms with Crippen LogP contribution in [0.25, 0.3) is 22.4 Å². The van der Waals surface area contributed by atoms with Crippen LogP contribution in [0, 0.1) is 0 Å². The third kappa shape index (κ3) is 5.84. The quantitative estimate of drug-likeness (QED) is 0.300. The molecule has 0 atom stereocenters. The number of benzene rings is 3. The van der Waals surface area contributed by atoms with E-state index < -0.39 is 5.97 Å². The molecule has 0 radical (unpaired) electrons. The molecular weight excluding hydrogens is 434 g/mol. The molecule has 0 aliphatic rings. The third-order valence-electron chi connectivity index (χ3n) is 4.87. The summed E-state index contributed by atoms with van der Waals surface area (Å²) in [6.07, 6.45) is 0. The Hall–Kier alpha value is -3.97. The van der Waals surface area contributed by atoms with Crippen LogP contribution < -0.4 is 5.32 Å². The molecule has 0 unspecified atom stereocenters. The molecule has 164 valence electrons. The number of ether oxygens (including phenoxy) is 1. The van der Waals surface area contributed by atoms with Crippen LogP contribution in [0.5, 0.6) is 0 Å². The van der Waals surface area contributed by atoms with E-state index in [0.717, 1.165) is 16.8 Å². The summed E-state index contributed by atoms with van der Waals surface area (Å²) in [7, 11) is 1.33. The number of hydrogen-bond donors (Lipinski definition) is 1. The molecule has 1 heterocycles. The summed E-state index contributed by atoms with van der Waals surface area (Å²) in [6, 6.07) is 28.7. The largest absolute Gasteiger partial charge is 0.465 e. The molecule has 0 saturated carbocycles. The van der Waals surface area contributed by atoms with Gasteiger partial charge in [0.1, 0.15) is 5.03 Å². The smallest absolute Gasteiger partial charge is 0.337 e. The van der Waals surface area contributed by atoms with Gasteiger partial charge in [-0.2, -0.15) is 0 Å². The van der Waals surface area contributed by atoms with E-state index in [1.54, 1.807) is 24.3 Å². The van der Waals surface area contributed by atoms with Crippen molar-refractivity contribution in [2.75, 3.05) is 18.2 Å². The zero-order valence-electron chi connectivity index (χ0n) is 17.9. The number of carbonyl (C=O) groups excluding carboxylic acids is 2. The van der Waals surface area contributed by atoms with Crippen molar-refractivity contribution in [3.05, 3.63) is 96.6 Å². The Kier molecular flexibility index (Phi) is 7.12. The maximum Gasteiger partial charge on any atom is 0.337 e. The van der Waals surface area contributed by atoms with Crippen LogP contribution in [0.4, 0.5) is 5.69 Å². The van der Waals surface area contributed by atoms with Crippen molar-refractivity contribution in [1.82, 2.24) is 10.2 Å². The number of esters is 1. The molecule has 0 spiro atoms. The molecule has 0 bridgehead atoms. The number of methoxy groups -OCH3 is 1. The Morgan fingerprint density at radius 2 is 1.45 bits per heavy atom. The second kappa shape index (κ2) is 10.6. The first-order chi connectivity index (χ1) is 16.1. The maximum absolute atomic E-state index is 12.2. The minimum absolute atomic E-state index is 0.173. The summed E-state index contributed by atoms with van der Waals surface area (Å²) < 4.78 is 4.66. The number of nitrogens with zero attached hydrogens (tertiary/aromatic N) is 2. The van der Waals surface area contributed by atoms with Crippen LogP contribution in [-0.4, -0.2) is 34.9 Å². The fraction of sp³-hybridized carbons (Fsp3) is 0.0769. The van der Waals surface area contributed by atoms with Gasteiger partial charge in [-0.1, -0.05) is 66.4 Å². The van der Waals surface area contributed by atoms with E-state index >= 15 is 0 Å². The number of amides is 1. The highest BCUT2D eigenvalue weighted by Crippen LogP contribution is 2.24. The zero-order valence-corrected chi connectivity index (χ0v) is 18.7. The summed E-state index contributed by atoms with van der Waals surface area (Å²) >= 11 is 1.30. The molecule has 6 nitrogen and oxygen atoms in total. The third-order valence-corrected chi connectivity index (χ3v) is 5.79. The zero-order chi connectivity index (χ0) is 23.0. The molecule has 0 aliphatic carbocycles. The highest BCUT2D eigenvalue weighted by atomic mass is 32.2. The lowest BCUT2D eigenvalue weighted by molar-refractivity contribution is -0.113. The van der Waals surface area contributed by atoms with Crippen LogP contribution in [-0.2, 0) is 9.53 Å². The van der Waals surface area contributed by atoms with Crippen molar-refractivity contribution >= 4 is 29.3 Å². The molecule has 4 aromatic rings. The van der Waals surface area contributed by atoms with E-state index in [-0.39, 0.29) is 11.7 Å². The summed E-state index contributed by atoms with van der Waals surface area (Å²) in [5, 5.41) is 12.0. The standard InChI is InChI=1S/C26H21N3O3S/c1-32-26(31)21-11-13-22(14-12-21)27-24(30)17-33-25-16-15-23(28-29-25)20-9-7-19(8-10-20)18-5-3-2-4-6-18/h2-16H,17H2,1H3,(H,27,30). The molecule has 0 saturated heterocycles. The van der Waals surface area contributed by atoms with E-state index in [1.807, 2.05) is 42.5 Å². The molecule has 1 N–H and O–H groups in total. The van der Waals surface area contributed by atoms with Gasteiger partial charge >= 0.3 is 5.97 Å². The Morgan fingerprint density at radius 3 is 2.09 bits per heavy atom. The van der Waals surface area contributed by atoms with Crippen LogP contribution in [0.3, 0.4) is 0 Å². The molecule has 1 amide bonds. The minimum atomic E-state index is -0.419. The predicted octanol–water partition coefficient (Wildman–Crippen LogP) is 5.33. The Labute approximate surface area is 196 Å². The summed E-state index contributed by atoms with van der Waals surface area (Å²) in [6.45, 7) is 0. The number of carbonyl (C=O) groups is 2. The molecule has 4 rings (SSSR count). The molecule has 33 heavy (non-hydrogen) atoms. The highest BCUT2D eigenvalue weighted by molar-refractivity contribution is 7.99. The first-order valence-electron chi connectivity index (χ1n) is 10.2. The van der Waals surface area contributed by atoms with E-state index in [1.165, 1.54) is 24.4 Å². The number of rotatable bonds is 7. The lowest BCUT2D eigenvalue weighted by Gasteiger charge is -2.06. The Balaban J connectivity index is 1.31. The Morgan fingerprint density at radius 1 is 0.788 bits per heavy atom. The summed E-state index contributed by atoms with van der Waals surface area (Å²) in [5.41, 5.74) is 5.09. The van der Waals surface area contributed by atoms with Crippen LogP contribution in [0.2, 0.25) is 0 Å². The number of aromatic nitrogens is 2. The highest BCUT2D eigenvalue weighted by Gasteiger charge is 2.08. The van der Waals surface area contributed by atoms with Crippen molar-refractivity contribution < 1.29 is 14.3 Å². The lowest BCUT2D eigenvalue weighted by atomic mass is 10.0. The molecular formula is C26H21N3O3S. The van der Waals surface area contributed by atoms with Crippen molar-refractivity contribution in [1.29, 1.82) is 0 Å². The second-order valence-electron chi connectivity index (χ2n) is 7.11. The van der Waals surface area contributed by atoms with E-state index in [9.17, 15) is 9.59 Å². The van der Waals surface area contributed by atoms with Gasteiger partial charge < -0.3 is 10.1 Å². The number of nitrogens with one attached hydrogen (secondary N) is 1. The van der Waals surface area contributed by atoms with E-state index in [4.69, 9.17) is 0 Å². The van der Waals surface area contributed by atoms with E-state index in [0.29, 0.717) is 16.3 Å². The average Bonchev–Trinajstić information content (AvgIpc) is 2.88. The fourth-order valence-electron chi connectivity index (χ4n) is 3.16. The topological polar surface area (TPSA) is 81.2 Å². The van der Waals surface area contributed by atoms with Crippen molar-refractivity contribution in [3.8, 4) is 22.4 Å². The molecule has 0 fully saturated rings. The molecule has 3 aromatic carbocycles. The normalized spacial score (nSPS) is 10.5. The Bertz CT molecular complexity index is 1230. The predicted molar refractivity (Wildman–Crippen MR) is 130 cm³/mol. The summed E-state index contributed by atoms with van der Waals surface area (Å²) in [4.78, 5) is 23.7. The van der Waals surface area contributed by atoms with Gasteiger partial charge in [0.15, 0.2) is 0 Å². The number of thioether (sulfide) groups is 1. The van der Waals surface area contributed by atoms with Crippen molar-refractivity contribution in [2.24, 2.45) is 0 Å². The van der Waals surface area contributed by atoms with Gasteiger partial charge in [-0.05, 0) is 47.5 Å². The average molecular weight is 456 g/mol. The van der Waals surface area contributed by atoms with Crippen LogP contribution in [0.15, 0.2) is 96.0 Å². The summed E-state index contributed by atoms with van der Waals surface area (Å²) in [5.74, 6) is -0.399. The van der Waals surface area contributed by atoms with Crippen LogP contribution in [0.1, 0.15) is 10.4 Å². The van der Waals surface area contributed by atoms with Gasteiger partial charge in [0, 0.05) is 11.3 Å². The SMILES string of the molecule is COC(=O)c1ccc(NC(=O)CSc2ccc(-c3ccc(-c4ccccc4)cc3)nn2)cc1. The van der Waals surface area contributed by atoms with Crippen molar-refractivity contribution in [2.45, 2.75) is 5.03 Å². The van der Waals surface area contributed by atoms with Crippen LogP contribution >= 0.6 is 11.8 Å². The monoisotopic (exact) mass is 455 g/mol. The number of hydrogen-bond acceptors (Lipinski definition) is 6. The molecule has 0 aliphatic heterocycles. The van der Waals surface area contributed by atoms with Gasteiger partial charge in [-0.3, -0.25) is 4.79 Å². The van der Waals surface area contributed by atoms with E-state index in [2.05, 4.69) is 44.5 Å². The second-order valence-corrected chi connectivity index (χ2v) is 8.10. The fourth-order valence-corrected chi connectivity index (χ4v) is 3.77. The van der Waals surface area contributed by atoms with Gasteiger partial charge in [-0.15, -0.1) is 10.2 Å². The molecule has 1 aromatic heterocycles. The molecule has 7 heteroatoms. The van der Waals surface area contributed by atoms with Gasteiger partial charge in [-0.25, -0.2) is 4.79 Å².